The van der Waals surface area contributed by atoms with Crippen LogP contribution in [0.4, 0.5) is 5.82 Å². The van der Waals surface area contributed by atoms with Gasteiger partial charge in [-0.2, -0.15) is 0 Å². The summed E-state index contributed by atoms with van der Waals surface area (Å²) >= 11 is 0. The summed E-state index contributed by atoms with van der Waals surface area (Å²) in [5, 5.41) is 6.79. The van der Waals surface area contributed by atoms with Crippen molar-refractivity contribution in [2.24, 2.45) is 10.4 Å². The molecule has 138 valence electrons. The molecule has 1 rings (SSSR count). The Morgan fingerprint density at radius 1 is 1.29 bits per heavy atom. The van der Waals surface area contributed by atoms with Crippen LogP contribution in [0.25, 0.3) is 0 Å². The highest BCUT2D eigenvalue weighted by Gasteiger charge is 2.13. The van der Waals surface area contributed by atoms with Crippen molar-refractivity contribution < 1.29 is 0 Å². The van der Waals surface area contributed by atoms with Gasteiger partial charge < -0.3 is 15.5 Å². The molecule has 0 aromatic carbocycles. The molecule has 0 bridgehead atoms. The highest BCUT2D eigenvalue weighted by atomic mass is 127. The Morgan fingerprint density at radius 2 is 1.96 bits per heavy atom. The summed E-state index contributed by atoms with van der Waals surface area (Å²) in [6.45, 7) is 9.68. The predicted molar refractivity (Wildman–Crippen MR) is 115 cm³/mol. The summed E-state index contributed by atoms with van der Waals surface area (Å²) in [7, 11) is 5.79. The van der Waals surface area contributed by atoms with E-state index in [1.165, 1.54) is 6.42 Å². The van der Waals surface area contributed by atoms with Crippen LogP contribution in [0.2, 0.25) is 0 Å². The molecule has 0 aliphatic heterocycles. The lowest BCUT2D eigenvalue weighted by atomic mass is 9.89. The second-order valence-electron chi connectivity index (χ2n) is 7.45. The smallest absolute Gasteiger partial charge is 0.191 e. The van der Waals surface area contributed by atoms with E-state index in [9.17, 15) is 0 Å². The maximum Gasteiger partial charge on any atom is 0.191 e. The Balaban J connectivity index is 0.00000529. The maximum atomic E-state index is 4.61. The Labute approximate surface area is 164 Å². The molecule has 0 spiro atoms. The van der Waals surface area contributed by atoms with Crippen LogP contribution in [-0.2, 0) is 6.54 Å². The molecule has 0 aliphatic rings. The largest absolute Gasteiger partial charge is 0.363 e. The number of aliphatic imine (C=N–C) groups is 1. The first-order chi connectivity index (χ1) is 10.7. The zero-order valence-electron chi connectivity index (χ0n) is 16.2. The van der Waals surface area contributed by atoms with E-state index >= 15 is 0 Å². The highest BCUT2D eigenvalue weighted by molar-refractivity contribution is 14.0. The second kappa shape index (κ2) is 10.7. The van der Waals surface area contributed by atoms with Gasteiger partial charge in [-0.05, 0) is 37.3 Å². The molecule has 1 unspecified atom stereocenters. The number of nitrogens with one attached hydrogen (secondary N) is 2. The minimum absolute atomic E-state index is 0. The van der Waals surface area contributed by atoms with Crippen LogP contribution in [0.5, 0.6) is 0 Å². The molecule has 0 amide bonds. The molecule has 1 heterocycles. The van der Waals surface area contributed by atoms with E-state index < -0.39 is 0 Å². The average Bonchev–Trinajstić information content (AvgIpc) is 2.49. The number of hydrogen-bond acceptors (Lipinski definition) is 3. The van der Waals surface area contributed by atoms with Crippen molar-refractivity contribution in [1.29, 1.82) is 0 Å². The SMILES string of the molecule is CN=C(NCc1cccc(N(C)C)n1)NC(C)CCC(C)(C)C.I. The molecule has 0 saturated carbocycles. The fourth-order valence-corrected chi connectivity index (χ4v) is 2.14. The number of aromatic nitrogens is 1. The van der Waals surface area contributed by atoms with Crippen molar-refractivity contribution in [2.75, 3.05) is 26.0 Å². The lowest BCUT2D eigenvalue weighted by molar-refractivity contribution is 0.346. The Kier molecular flexibility index (Phi) is 10.3. The van der Waals surface area contributed by atoms with Crippen molar-refractivity contribution in [3.63, 3.8) is 0 Å². The normalized spacial score (nSPS) is 13.0. The third-order valence-corrected chi connectivity index (χ3v) is 3.62. The van der Waals surface area contributed by atoms with Gasteiger partial charge in [-0.3, -0.25) is 4.99 Å². The third kappa shape index (κ3) is 9.30. The molecule has 0 aliphatic carbocycles. The van der Waals surface area contributed by atoms with Crippen LogP contribution in [0, 0.1) is 5.41 Å². The quantitative estimate of drug-likeness (QED) is 0.397. The van der Waals surface area contributed by atoms with Crippen molar-refractivity contribution in [1.82, 2.24) is 15.6 Å². The first-order valence-electron chi connectivity index (χ1n) is 8.32. The Hall–Kier alpha value is -1.05. The van der Waals surface area contributed by atoms with Crippen LogP contribution in [0.15, 0.2) is 23.2 Å². The standard InChI is InChI=1S/C18H33N5.HI/c1-14(11-12-18(2,3)4)21-17(19-5)20-13-15-9-8-10-16(22-15)23(6)7;/h8-10,14H,11-13H2,1-7H3,(H2,19,20,21);1H. The zero-order valence-corrected chi connectivity index (χ0v) is 18.5. The van der Waals surface area contributed by atoms with Gasteiger partial charge in [0.25, 0.3) is 0 Å². The molecular formula is C18H34IN5. The third-order valence-electron chi connectivity index (χ3n) is 3.62. The number of guanidine groups is 1. The number of anilines is 1. The molecule has 0 radical (unpaired) electrons. The maximum absolute atomic E-state index is 4.61. The van der Waals surface area contributed by atoms with E-state index in [0.29, 0.717) is 18.0 Å². The Bertz CT molecular complexity index is 508. The van der Waals surface area contributed by atoms with E-state index in [0.717, 1.165) is 23.9 Å². The van der Waals surface area contributed by atoms with Gasteiger partial charge >= 0.3 is 0 Å². The first kappa shape index (κ1) is 22.9. The van der Waals surface area contributed by atoms with Crippen LogP contribution in [-0.4, -0.2) is 38.1 Å². The summed E-state index contributed by atoms with van der Waals surface area (Å²) in [5.74, 6) is 1.79. The molecule has 6 heteroatoms. The van der Waals surface area contributed by atoms with Crippen molar-refractivity contribution in [3.05, 3.63) is 23.9 Å². The van der Waals surface area contributed by atoms with Gasteiger partial charge in [0.15, 0.2) is 5.96 Å². The molecule has 0 saturated heterocycles. The topological polar surface area (TPSA) is 52.6 Å². The molecule has 2 N–H and O–H groups in total. The van der Waals surface area contributed by atoms with E-state index in [4.69, 9.17) is 0 Å². The highest BCUT2D eigenvalue weighted by Crippen LogP contribution is 2.21. The summed E-state index contributed by atoms with van der Waals surface area (Å²) in [4.78, 5) is 10.9. The van der Waals surface area contributed by atoms with Gasteiger partial charge in [-0.1, -0.05) is 26.8 Å². The van der Waals surface area contributed by atoms with Gasteiger partial charge in [0.2, 0.25) is 0 Å². The molecule has 1 atom stereocenters. The van der Waals surface area contributed by atoms with Crippen LogP contribution >= 0.6 is 24.0 Å². The van der Waals surface area contributed by atoms with Gasteiger partial charge in [0.1, 0.15) is 5.82 Å². The zero-order chi connectivity index (χ0) is 17.5. The molecule has 0 fully saturated rings. The fraction of sp³-hybridized carbons (Fsp3) is 0.667. The molecule has 5 nitrogen and oxygen atoms in total. The summed E-state index contributed by atoms with van der Waals surface area (Å²) in [5.41, 5.74) is 1.37. The minimum atomic E-state index is 0. The lowest BCUT2D eigenvalue weighted by Crippen LogP contribution is -2.42. The van der Waals surface area contributed by atoms with Gasteiger partial charge in [-0.15, -0.1) is 24.0 Å². The predicted octanol–water partition coefficient (Wildman–Crippen LogP) is 3.65. The van der Waals surface area contributed by atoms with Crippen LogP contribution < -0.4 is 15.5 Å². The Morgan fingerprint density at radius 3 is 2.50 bits per heavy atom. The van der Waals surface area contributed by atoms with E-state index in [-0.39, 0.29) is 24.0 Å². The molecule has 1 aromatic rings. The monoisotopic (exact) mass is 447 g/mol. The van der Waals surface area contributed by atoms with Crippen LogP contribution in [0.3, 0.4) is 0 Å². The van der Waals surface area contributed by atoms with Crippen molar-refractivity contribution >= 4 is 35.8 Å². The average molecular weight is 447 g/mol. The fourth-order valence-electron chi connectivity index (χ4n) is 2.14. The lowest BCUT2D eigenvalue weighted by Gasteiger charge is -2.23. The van der Waals surface area contributed by atoms with Crippen LogP contribution in [0.1, 0.15) is 46.2 Å². The molecular weight excluding hydrogens is 413 g/mol. The van der Waals surface area contributed by atoms with E-state index in [2.05, 4.69) is 48.3 Å². The summed E-state index contributed by atoms with van der Waals surface area (Å²) in [6, 6.07) is 6.45. The van der Waals surface area contributed by atoms with Gasteiger partial charge in [-0.25, -0.2) is 4.98 Å². The number of rotatable bonds is 6. The van der Waals surface area contributed by atoms with Crippen molar-refractivity contribution in [3.8, 4) is 0 Å². The molecule has 24 heavy (non-hydrogen) atoms. The van der Waals surface area contributed by atoms with E-state index in [1.807, 2.05) is 37.2 Å². The number of hydrogen-bond donors (Lipinski definition) is 2. The summed E-state index contributed by atoms with van der Waals surface area (Å²) < 4.78 is 0. The second-order valence-corrected chi connectivity index (χ2v) is 7.45. The van der Waals surface area contributed by atoms with Gasteiger partial charge in [0.05, 0.1) is 12.2 Å². The number of nitrogens with zero attached hydrogens (tertiary/aromatic N) is 3. The minimum Gasteiger partial charge on any atom is -0.363 e. The van der Waals surface area contributed by atoms with E-state index in [1.54, 1.807) is 7.05 Å². The number of pyridine rings is 1. The van der Waals surface area contributed by atoms with Crippen molar-refractivity contribution in [2.45, 2.75) is 53.1 Å². The molecule has 1 aromatic heterocycles. The first-order valence-corrected chi connectivity index (χ1v) is 8.32. The number of halogens is 1. The summed E-state index contributed by atoms with van der Waals surface area (Å²) in [6.07, 6.45) is 2.31. The van der Waals surface area contributed by atoms with Gasteiger partial charge in [0, 0.05) is 27.2 Å².